The van der Waals surface area contributed by atoms with E-state index in [-0.39, 0.29) is 0 Å². The van der Waals surface area contributed by atoms with Gasteiger partial charge in [0.05, 0.1) is 0 Å². The molecule has 0 saturated heterocycles. The molecule has 90 valence electrons. The molecule has 0 aliphatic heterocycles. The van der Waals surface area contributed by atoms with Gasteiger partial charge in [-0.25, -0.2) is 10.1 Å². The van der Waals surface area contributed by atoms with Gasteiger partial charge < -0.3 is 5.73 Å². The lowest BCUT2D eigenvalue weighted by molar-refractivity contribution is -0.326. The van der Waals surface area contributed by atoms with E-state index < -0.39 is 5.72 Å². The summed E-state index contributed by atoms with van der Waals surface area (Å²) in [5.74, 6) is 0. The highest BCUT2D eigenvalue weighted by Gasteiger charge is 2.25. The first-order chi connectivity index (χ1) is 7.27. The zero-order valence-electron chi connectivity index (χ0n) is 9.71. The van der Waals surface area contributed by atoms with E-state index in [2.05, 4.69) is 4.89 Å². The maximum atomic E-state index is 8.83. The molecule has 0 aromatic heterocycles. The van der Waals surface area contributed by atoms with Crippen molar-refractivity contribution in [1.82, 2.24) is 0 Å². The van der Waals surface area contributed by atoms with Crippen molar-refractivity contribution in [3.8, 4) is 0 Å². The van der Waals surface area contributed by atoms with Gasteiger partial charge in [-0.05, 0) is 25.7 Å². The summed E-state index contributed by atoms with van der Waals surface area (Å²) in [6.07, 6.45) is 12.8. The Kier molecular flexibility index (Phi) is 6.22. The van der Waals surface area contributed by atoms with E-state index in [1.807, 2.05) is 0 Å². The van der Waals surface area contributed by atoms with Crippen LogP contribution in [0.3, 0.4) is 0 Å². The second-order valence-electron chi connectivity index (χ2n) is 4.84. The topological polar surface area (TPSA) is 55.5 Å². The average molecular weight is 215 g/mol. The first kappa shape index (κ1) is 12.9. The summed E-state index contributed by atoms with van der Waals surface area (Å²) in [4.78, 5) is 4.46. The van der Waals surface area contributed by atoms with E-state index in [4.69, 9.17) is 11.0 Å². The van der Waals surface area contributed by atoms with E-state index in [0.717, 1.165) is 25.7 Å². The van der Waals surface area contributed by atoms with Crippen LogP contribution in [-0.4, -0.2) is 11.0 Å². The predicted molar refractivity (Wildman–Crippen MR) is 61.4 cm³/mol. The molecule has 1 aliphatic rings. The third-order valence-corrected chi connectivity index (χ3v) is 3.38. The fourth-order valence-corrected chi connectivity index (χ4v) is 2.30. The summed E-state index contributed by atoms with van der Waals surface area (Å²) in [6, 6.07) is 0. The molecule has 15 heavy (non-hydrogen) atoms. The maximum Gasteiger partial charge on any atom is 0.151 e. The van der Waals surface area contributed by atoms with Gasteiger partial charge in [0.2, 0.25) is 0 Å². The molecule has 0 bridgehead atoms. The monoisotopic (exact) mass is 215 g/mol. The smallest absolute Gasteiger partial charge is 0.151 e. The van der Waals surface area contributed by atoms with Gasteiger partial charge in [0.15, 0.2) is 5.72 Å². The number of rotatable bonds is 1. The number of hydrogen-bond acceptors (Lipinski definition) is 3. The van der Waals surface area contributed by atoms with Gasteiger partial charge in [0, 0.05) is 0 Å². The Morgan fingerprint density at radius 2 is 1.07 bits per heavy atom. The fraction of sp³-hybridized carbons (Fsp3) is 1.00. The van der Waals surface area contributed by atoms with Crippen LogP contribution < -0.4 is 5.73 Å². The summed E-state index contributed by atoms with van der Waals surface area (Å²) in [5, 5.41) is 8.83. The van der Waals surface area contributed by atoms with Crippen LogP contribution in [0.4, 0.5) is 0 Å². The minimum absolute atomic E-state index is 0.779. The third kappa shape index (κ3) is 5.50. The van der Waals surface area contributed by atoms with Crippen molar-refractivity contribution >= 4 is 0 Å². The van der Waals surface area contributed by atoms with Crippen LogP contribution in [0, 0.1) is 0 Å². The Bertz CT molecular complexity index is 150. The summed E-state index contributed by atoms with van der Waals surface area (Å²) >= 11 is 0. The largest absolute Gasteiger partial charge is 0.301 e. The molecule has 1 fully saturated rings. The zero-order chi connectivity index (χ0) is 11.0. The van der Waals surface area contributed by atoms with Gasteiger partial charge in [-0.1, -0.05) is 44.9 Å². The lowest BCUT2D eigenvalue weighted by atomic mass is 9.96. The second kappa shape index (κ2) is 7.20. The minimum atomic E-state index is -0.779. The molecule has 0 spiro atoms. The minimum Gasteiger partial charge on any atom is -0.301 e. The summed E-state index contributed by atoms with van der Waals surface area (Å²) in [7, 11) is 0. The standard InChI is InChI=1S/C12H25NO2/c13-12(15-14)10-8-6-4-2-1-3-5-7-9-11-12/h14H,1-11,13H2. The molecule has 0 atom stereocenters. The second-order valence-corrected chi connectivity index (χ2v) is 4.84. The zero-order valence-corrected chi connectivity index (χ0v) is 9.71. The maximum absolute atomic E-state index is 8.83. The molecule has 0 amide bonds. The summed E-state index contributed by atoms with van der Waals surface area (Å²) < 4.78 is 0. The van der Waals surface area contributed by atoms with Crippen LogP contribution in [0.2, 0.25) is 0 Å². The Balaban J connectivity index is 2.32. The van der Waals surface area contributed by atoms with Crippen molar-refractivity contribution in [1.29, 1.82) is 0 Å². The van der Waals surface area contributed by atoms with E-state index in [9.17, 15) is 0 Å². The molecule has 0 unspecified atom stereocenters. The first-order valence-corrected chi connectivity index (χ1v) is 6.38. The Morgan fingerprint density at radius 1 is 0.733 bits per heavy atom. The van der Waals surface area contributed by atoms with Gasteiger partial charge in [0.1, 0.15) is 0 Å². The quantitative estimate of drug-likeness (QED) is 0.400. The molecular formula is C12H25NO2. The number of hydrogen-bond donors (Lipinski definition) is 2. The Morgan fingerprint density at radius 3 is 1.40 bits per heavy atom. The summed E-state index contributed by atoms with van der Waals surface area (Å²) in [5.41, 5.74) is 5.19. The molecule has 0 heterocycles. The molecule has 0 aromatic carbocycles. The Labute approximate surface area is 92.9 Å². The normalized spacial score (nSPS) is 25.2. The molecule has 1 rings (SSSR count). The molecule has 1 aliphatic carbocycles. The van der Waals surface area contributed by atoms with E-state index >= 15 is 0 Å². The van der Waals surface area contributed by atoms with E-state index in [1.54, 1.807) is 0 Å². The van der Waals surface area contributed by atoms with Gasteiger partial charge in [-0.15, -0.1) is 0 Å². The van der Waals surface area contributed by atoms with Gasteiger partial charge >= 0.3 is 0 Å². The van der Waals surface area contributed by atoms with E-state index in [1.165, 1.54) is 44.9 Å². The van der Waals surface area contributed by atoms with Gasteiger partial charge in [-0.3, -0.25) is 0 Å². The van der Waals surface area contributed by atoms with Crippen molar-refractivity contribution in [2.45, 2.75) is 76.4 Å². The molecule has 1 saturated carbocycles. The molecule has 3 N–H and O–H groups in total. The average Bonchev–Trinajstić information content (AvgIpc) is 2.23. The van der Waals surface area contributed by atoms with Crippen LogP contribution >= 0.6 is 0 Å². The number of nitrogens with two attached hydrogens (primary N) is 1. The highest BCUT2D eigenvalue weighted by Crippen LogP contribution is 2.22. The van der Waals surface area contributed by atoms with Gasteiger partial charge in [-0.2, -0.15) is 0 Å². The predicted octanol–water partition coefficient (Wildman–Crippen LogP) is 3.44. The van der Waals surface area contributed by atoms with Crippen LogP contribution in [0.5, 0.6) is 0 Å². The SMILES string of the molecule is NC1(OO)CCCCCCCCCCC1. The highest BCUT2D eigenvalue weighted by atomic mass is 17.1. The van der Waals surface area contributed by atoms with Crippen molar-refractivity contribution in [3.05, 3.63) is 0 Å². The molecule has 3 heteroatoms. The molecule has 0 aromatic rings. The third-order valence-electron chi connectivity index (χ3n) is 3.38. The lowest BCUT2D eigenvalue weighted by Gasteiger charge is -2.26. The van der Waals surface area contributed by atoms with E-state index in [0.29, 0.717) is 0 Å². The Hall–Kier alpha value is -0.120. The highest BCUT2D eigenvalue weighted by molar-refractivity contribution is 4.72. The van der Waals surface area contributed by atoms with Crippen molar-refractivity contribution in [2.75, 3.05) is 0 Å². The fourth-order valence-electron chi connectivity index (χ4n) is 2.30. The molecule has 0 radical (unpaired) electrons. The van der Waals surface area contributed by atoms with Crippen molar-refractivity contribution < 1.29 is 10.1 Å². The van der Waals surface area contributed by atoms with Gasteiger partial charge in [0.25, 0.3) is 0 Å². The van der Waals surface area contributed by atoms with Crippen LogP contribution in [0.1, 0.15) is 70.6 Å². The van der Waals surface area contributed by atoms with Crippen LogP contribution in [-0.2, 0) is 4.89 Å². The summed E-state index contributed by atoms with van der Waals surface area (Å²) in [6.45, 7) is 0. The lowest BCUT2D eigenvalue weighted by Crippen LogP contribution is -2.41. The molecule has 3 nitrogen and oxygen atoms in total. The van der Waals surface area contributed by atoms with Crippen LogP contribution in [0.15, 0.2) is 0 Å². The van der Waals surface area contributed by atoms with Crippen LogP contribution in [0.25, 0.3) is 0 Å². The van der Waals surface area contributed by atoms with Crippen molar-refractivity contribution in [3.63, 3.8) is 0 Å². The molecular weight excluding hydrogens is 190 g/mol. The van der Waals surface area contributed by atoms with Crippen molar-refractivity contribution in [2.24, 2.45) is 5.73 Å². The first-order valence-electron chi connectivity index (χ1n) is 6.38.